The first-order valence-corrected chi connectivity index (χ1v) is 5.68. The van der Waals surface area contributed by atoms with Gasteiger partial charge in [-0.15, -0.1) is 0 Å². The number of nitrogens with zero attached hydrogens (tertiary/aromatic N) is 1. The lowest BCUT2D eigenvalue weighted by Gasteiger charge is -2.24. The second-order valence-electron chi connectivity index (χ2n) is 3.98. The fourth-order valence-corrected chi connectivity index (χ4v) is 1.79. The molecule has 15 heavy (non-hydrogen) atoms. The lowest BCUT2D eigenvalue weighted by Crippen LogP contribution is -2.49. The van der Waals surface area contributed by atoms with Crippen LogP contribution in [0.25, 0.3) is 0 Å². The molecule has 4 nitrogen and oxygen atoms in total. The van der Waals surface area contributed by atoms with Crippen LogP contribution >= 0.6 is 0 Å². The summed E-state index contributed by atoms with van der Waals surface area (Å²) < 4.78 is 0. The zero-order valence-corrected chi connectivity index (χ0v) is 9.25. The van der Waals surface area contributed by atoms with Gasteiger partial charge < -0.3 is 10.6 Å². The quantitative estimate of drug-likeness (QED) is 0.724. The van der Waals surface area contributed by atoms with Gasteiger partial charge in [0.2, 0.25) is 5.91 Å². The third-order valence-electron chi connectivity index (χ3n) is 2.80. The maximum atomic E-state index is 11.8. The average Bonchev–Trinajstić information content (AvgIpc) is 2.29. The number of hydrogen-bond donors (Lipinski definition) is 2. The number of nitrogens with one attached hydrogen (secondary N) is 2. The number of carbonyl (C=O) groups excluding carboxylic acids is 1. The summed E-state index contributed by atoms with van der Waals surface area (Å²) in [5, 5.41) is 14.7. The van der Waals surface area contributed by atoms with Crippen molar-refractivity contribution in [3.63, 3.8) is 0 Å². The van der Waals surface area contributed by atoms with Crippen LogP contribution in [0.3, 0.4) is 0 Å². The van der Waals surface area contributed by atoms with Gasteiger partial charge in [0, 0.05) is 6.04 Å². The van der Waals surface area contributed by atoms with Gasteiger partial charge >= 0.3 is 0 Å². The highest BCUT2D eigenvalue weighted by atomic mass is 16.2. The predicted molar refractivity (Wildman–Crippen MR) is 58.1 cm³/mol. The minimum Gasteiger partial charge on any atom is -0.351 e. The lowest BCUT2D eigenvalue weighted by molar-refractivity contribution is -0.124. The molecule has 2 N–H and O–H groups in total. The smallest absolute Gasteiger partial charge is 0.237 e. The van der Waals surface area contributed by atoms with E-state index in [4.69, 9.17) is 5.26 Å². The van der Waals surface area contributed by atoms with Crippen LogP contribution in [-0.4, -0.2) is 24.5 Å². The molecular formula is C11H19N3O. The molecule has 2 atom stereocenters. The highest BCUT2D eigenvalue weighted by Crippen LogP contribution is 2.07. The molecule has 0 aromatic rings. The maximum absolute atomic E-state index is 11.8. The second kappa shape index (κ2) is 6.41. The second-order valence-corrected chi connectivity index (χ2v) is 3.98. The number of nitriles is 1. The monoisotopic (exact) mass is 209 g/mol. The Morgan fingerprint density at radius 2 is 2.47 bits per heavy atom. The van der Waals surface area contributed by atoms with E-state index in [1.54, 1.807) is 0 Å². The van der Waals surface area contributed by atoms with E-state index >= 15 is 0 Å². The Bertz CT molecular complexity index is 241. The molecule has 0 bridgehead atoms. The molecular weight excluding hydrogens is 190 g/mol. The molecule has 1 aliphatic heterocycles. The molecule has 1 amide bonds. The van der Waals surface area contributed by atoms with Gasteiger partial charge in [-0.2, -0.15) is 5.26 Å². The summed E-state index contributed by atoms with van der Waals surface area (Å²) in [4.78, 5) is 11.8. The molecule has 1 saturated heterocycles. The fourth-order valence-electron chi connectivity index (χ4n) is 1.79. The molecule has 0 saturated carbocycles. The maximum Gasteiger partial charge on any atom is 0.237 e. The van der Waals surface area contributed by atoms with Crippen LogP contribution in [0.1, 0.15) is 39.0 Å². The van der Waals surface area contributed by atoms with Crippen LogP contribution in [0.5, 0.6) is 0 Å². The van der Waals surface area contributed by atoms with Gasteiger partial charge in [0.05, 0.1) is 18.5 Å². The van der Waals surface area contributed by atoms with Crippen molar-refractivity contribution in [3.05, 3.63) is 0 Å². The summed E-state index contributed by atoms with van der Waals surface area (Å²) in [5.74, 6) is 0.0526. The van der Waals surface area contributed by atoms with Crippen LogP contribution < -0.4 is 10.6 Å². The molecule has 84 valence electrons. The largest absolute Gasteiger partial charge is 0.351 e. The van der Waals surface area contributed by atoms with E-state index in [0.29, 0.717) is 6.42 Å². The number of hydrogen-bond acceptors (Lipinski definition) is 3. The van der Waals surface area contributed by atoms with E-state index in [0.717, 1.165) is 32.2 Å². The predicted octanol–water partition coefficient (Wildman–Crippen LogP) is 0.937. The summed E-state index contributed by atoms with van der Waals surface area (Å²) in [6.07, 6.45) is 4.38. The summed E-state index contributed by atoms with van der Waals surface area (Å²) in [6, 6.07) is 2.05. The van der Waals surface area contributed by atoms with E-state index in [1.165, 1.54) is 0 Å². The molecule has 1 heterocycles. The van der Waals surface area contributed by atoms with Crippen LogP contribution in [0, 0.1) is 11.3 Å². The first kappa shape index (κ1) is 12.0. The molecule has 1 unspecified atom stereocenters. The Balaban J connectivity index is 2.35. The number of carbonyl (C=O) groups is 1. The summed E-state index contributed by atoms with van der Waals surface area (Å²) in [6.45, 7) is 2.91. The van der Waals surface area contributed by atoms with Crippen molar-refractivity contribution < 1.29 is 4.79 Å². The van der Waals surface area contributed by atoms with Crippen molar-refractivity contribution in [2.45, 2.75) is 51.1 Å². The highest BCUT2D eigenvalue weighted by Gasteiger charge is 2.21. The Kier molecular flexibility index (Phi) is 5.13. The molecule has 1 rings (SSSR count). The number of rotatable bonds is 4. The van der Waals surface area contributed by atoms with Crippen molar-refractivity contribution >= 4 is 5.91 Å². The third kappa shape index (κ3) is 3.88. The minimum atomic E-state index is -0.0495. The normalized spacial score (nSPS) is 22.8. The first-order chi connectivity index (χ1) is 7.27. The summed E-state index contributed by atoms with van der Waals surface area (Å²) in [5.41, 5.74) is 0. The SMILES string of the molecule is CCC(CC#N)NC(=O)[C@@H]1CCCCN1. The fraction of sp³-hybridized carbons (Fsp3) is 0.818. The lowest BCUT2D eigenvalue weighted by atomic mass is 10.0. The Labute approximate surface area is 91.0 Å². The van der Waals surface area contributed by atoms with Gasteiger partial charge in [-0.05, 0) is 25.8 Å². The van der Waals surface area contributed by atoms with Crippen LogP contribution in [-0.2, 0) is 4.79 Å². The molecule has 0 aliphatic carbocycles. The topological polar surface area (TPSA) is 64.9 Å². The highest BCUT2D eigenvalue weighted by molar-refractivity contribution is 5.82. The molecule has 0 aromatic carbocycles. The van der Waals surface area contributed by atoms with Crippen molar-refractivity contribution in [1.29, 1.82) is 5.26 Å². The van der Waals surface area contributed by atoms with E-state index in [-0.39, 0.29) is 18.0 Å². The van der Waals surface area contributed by atoms with Gasteiger partial charge in [0.25, 0.3) is 0 Å². The summed E-state index contributed by atoms with van der Waals surface area (Å²) >= 11 is 0. The molecule has 1 aliphatic rings. The van der Waals surface area contributed by atoms with E-state index in [9.17, 15) is 4.79 Å². The van der Waals surface area contributed by atoms with Gasteiger partial charge in [-0.3, -0.25) is 4.79 Å². The zero-order chi connectivity index (χ0) is 11.1. The van der Waals surface area contributed by atoms with E-state index in [2.05, 4.69) is 16.7 Å². The van der Waals surface area contributed by atoms with Crippen molar-refractivity contribution in [1.82, 2.24) is 10.6 Å². The van der Waals surface area contributed by atoms with Gasteiger partial charge in [0.1, 0.15) is 0 Å². The van der Waals surface area contributed by atoms with Crippen molar-refractivity contribution in [2.75, 3.05) is 6.54 Å². The van der Waals surface area contributed by atoms with Crippen LogP contribution in [0.2, 0.25) is 0 Å². The third-order valence-corrected chi connectivity index (χ3v) is 2.80. The van der Waals surface area contributed by atoms with Crippen LogP contribution in [0.15, 0.2) is 0 Å². The van der Waals surface area contributed by atoms with Gasteiger partial charge in [-0.25, -0.2) is 0 Å². The molecule has 0 aromatic heterocycles. The zero-order valence-electron chi connectivity index (χ0n) is 9.25. The number of amides is 1. The standard InChI is InChI=1S/C11H19N3O/c1-2-9(6-7-12)14-11(15)10-5-3-4-8-13-10/h9-10,13H,2-6,8H2,1H3,(H,14,15)/t9?,10-/m0/s1. The Morgan fingerprint density at radius 1 is 1.67 bits per heavy atom. The van der Waals surface area contributed by atoms with Gasteiger partial charge in [0.15, 0.2) is 0 Å². The van der Waals surface area contributed by atoms with Crippen molar-refractivity contribution in [3.8, 4) is 6.07 Å². The summed E-state index contributed by atoms with van der Waals surface area (Å²) in [7, 11) is 0. The van der Waals surface area contributed by atoms with Crippen LogP contribution in [0.4, 0.5) is 0 Å². The van der Waals surface area contributed by atoms with Gasteiger partial charge in [-0.1, -0.05) is 13.3 Å². The first-order valence-electron chi connectivity index (χ1n) is 5.68. The number of piperidine rings is 1. The minimum absolute atomic E-state index is 0.00577. The Hall–Kier alpha value is -1.08. The van der Waals surface area contributed by atoms with Crippen molar-refractivity contribution in [2.24, 2.45) is 0 Å². The van der Waals surface area contributed by atoms with E-state index in [1.807, 2.05) is 6.92 Å². The average molecular weight is 209 g/mol. The Morgan fingerprint density at radius 3 is 3.00 bits per heavy atom. The molecule has 1 fully saturated rings. The van der Waals surface area contributed by atoms with E-state index < -0.39 is 0 Å². The molecule has 0 radical (unpaired) electrons. The molecule has 4 heteroatoms. The molecule has 0 spiro atoms.